The number of aromatic nitrogens is 1. The van der Waals surface area contributed by atoms with Gasteiger partial charge >= 0.3 is 0 Å². The fourth-order valence-corrected chi connectivity index (χ4v) is 1.47. The van der Waals surface area contributed by atoms with Crippen molar-refractivity contribution < 1.29 is 9.53 Å². The zero-order valence-corrected chi connectivity index (χ0v) is 8.85. The number of nitrogens with zero attached hydrogens (tertiary/aromatic N) is 2. The Balaban J connectivity index is 1.97. The Morgan fingerprint density at radius 1 is 1.50 bits per heavy atom. The molecule has 0 bridgehead atoms. The van der Waals surface area contributed by atoms with Crippen molar-refractivity contribution in [1.29, 1.82) is 0 Å². The minimum absolute atomic E-state index is 0.170. The van der Waals surface area contributed by atoms with Crippen LogP contribution < -0.4 is 11.2 Å². The van der Waals surface area contributed by atoms with Gasteiger partial charge in [0.1, 0.15) is 5.82 Å². The topological polar surface area (TPSA) is 80.5 Å². The van der Waals surface area contributed by atoms with Crippen LogP contribution in [-0.2, 0) is 4.74 Å². The summed E-state index contributed by atoms with van der Waals surface area (Å²) in [6.07, 6.45) is 1.52. The molecule has 1 fully saturated rings. The summed E-state index contributed by atoms with van der Waals surface area (Å²) < 4.78 is 5.18. The third-order valence-corrected chi connectivity index (χ3v) is 2.31. The molecule has 1 aromatic rings. The number of morpholine rings is 1. The van der Waals surface area contributed by atoms with Crippen molar-refractivity contribution in [2.75, 3.05) is 32.0 Å². The second kappa shape index (κ2) is 4.91. The number of amides is 1. The Morgan fingerprint density at radius 2 is 2.25 bits per heavy atom. The fraction of sp³-hybridized carbons (Fsp3) is 0.400. The van der Waals surface area contributed by atoms with E-state index in [9.17, 15) is 4.79 Å². The van der Waals surface area contributed by atoms with E-state index in [1.165, 1.54) is 6.20 Å². The lowest BCUT2D eigenvalue weighted by Gasteiger charge is -2.26. The lowest BCUT2D eigenvalue weighted by Crippen LogP contribution is -2.48. The number of hydrogen-bond acceptors (Lipinski definition) is 5. The first-order valence-electron chi connectivity index (χ1n) is 5.11. The van der Waals surface area contributed by atoms with Gasteiger partial charge in [-0.15, -0.1) is 0 Å². The zero-order valence-electron chi connectivity index (χ0n) is 8.85. The van der Waals surface area contributed by atoms with E-state index in [2.05, 4.69) is 10.4 Å². The van der Waals surface area contributed by atoms with E-state index in [4.69, 9.17) is 10.5 Å². The van der Waals surface area contributed by atoms with Gasteiger partial charge in [0.05, 0.1) is 13.2 Å². The van der Waals surface area contributed by atoms with E-state index in [0.29, 0.717) is 37.7 Å². The average molecular weight is 222 g/mol. The van der Waals surface area contributed by atoms with Crippen LogP contribution in [0.3, 0.4) is 0 Å². The minimum atomic E-state index is -0.170. The van der Waals surface area contributed by atoms with E-state index < -0.39 is 0 Å². The number of anilines is 1. The molecular formula is C10H14N4O2. The zero-order chi connectivity index (χ0) is 11.4. The Hall–Kier alpha value is -1.66. The first kappa shape index (κ1) is 10.8. The van der Waals surface area contributed by atoms with Gasteiger partial charge in [-0.3, -0.25) is 10.2 Å². The molecule has 16 heavy (non-hydrogen) atoms. The van der Waals surface area contributed by atoms with Crippen LogP contribution in [0.2, 0.25) is 0 Å². The van der Waals surface area contributed by atoms with Crippen molar-refractivity contribution >= 4 is 11.7 Å². The predicted octanol–water partition coefficient (Wildman–Crippen LogP) is -0.359. The number of carbonyl (C=O) groups is 1. The summed E-state index contributed by atoms with van der Waals surface area (Å²) in [7, 11) is 0. The van der Waals surface area contributed by atoms with Gasteiger partial charge in [-0.05, 0) is 12.1 Å². The maximum absolute atomic E-state index is 11.8. The van der Waals surface area contributed by atoms with Crippen molar-refractivity contribution in [3.8, 4) is 0 Å². The summed E-state index contributed by atoms with van der Waals surface area (Å²) in [5.74, 6) is 0.172. The maximum atomic E-state index is 11.8. The number of nitrogen functional groups attached to an aromatic ring is 1. The third-order valence-electron chi connectivity index (χ3n) is 2.31. The highest BCUT2D eigenvalue weighted by Crippen LogP contribution is 2.03. The quantitative estimate of drug-likeness (QED) is 0.714. The summed E-state index contributed by atoms with van der Waals surface area (Å²) >= 11 is 0. The van der Waals surface area contributed by atoms with Gasteiger partial charge in [0.25, 0.3) is 5.91 Å². The molecular weight excluding hydrogens is 208 g/mol. The second-order valence-electron chi connectivity index (χ2n) is 3.51. The molecule has 3 N–H and O–H groups in total. The Labute approximate surface area is 93.4 Å². The van der Waals surface area contributed by atoms with Crippen molar-refractivity contribution in [3.05, 3.63) is 23.9 Å². The van der Waals surface area contributed by atoms with Gasteiger partial charge in [0.15, 0.2) is 0 Å². The normalized spacial score (nSPS) is 17.0. The molecule has 0 aromatic carbocycles. The monoisotopic (exact) mass is 222 g/mol. The van der Waals surface area contributed by atoms with Crippen LogP contribution >= 0.6 is 0 Å². The van der Waals surface area contributed by atoms with Crippen molar-refractivity contribution in [2.24, 2.45) is 0 Å². The van der Waals surface area contributed by atoms with Gasteiger partial charge in [-0.1, -0.05) is 0 Å². The Kier molecular flexibility index (Phi) is 3.33. The molecule has 2 rings (SSSR count). The van der Waals surface area contributed by atoms with Gasteiger partial charge in [0, 0.05) is 24.8 Å². The van der Waals surface area contributed by atoms with Crippen molar-refractivity contribution in [1.82, 2.24) is 15.4 Å². The lowest BCUT2D eigenvalue weighted by molar-refractivity contribution is 0.0126. The highest BCUT2D eigenvalue weighted by atomic mass is 16.5. The molecule has 1 aliphatic heterocycles. The molecule has 2 heterocycles. The summed E-state index contributed by atoms with van der Waals surface area (Å²) in [4.78, 5) is 15.6. The first-order chi connectivity index (χ1) is 7.75. The van der Waals surface area contributed by atoms with Gasteiger partial charge in [-0.25, -0.2) is 9.99 Å². The van der Waals surface area contributed by atoms with Gasteiger partial charge < -0.3 is 10.5 Å². The molecule has 1 aliphatic rings. The van der Waals surface area contributed by atoms with E-state index in [0.717, 1.165) is 0 Å². The predicted molar refractivity (Wildman–Crippen MR) is 58.5 cm³/mol. The van der Waals surface area contributed by atoms with Crippen LogP contribution in [0.4, 0.5) is 5.82 Å². The molecule has 6 nitrogen and oxygen atoms in total. The number of ether oxygens (including phenoxy) is 1. The highest BCUT2D eigenvalue weighted by Gasteiger charge is 2.14. The molecule has 0 aliphatic carbocycles. The largest absolute Gasteiger partial charge is 0.384 e. The number of hydrazine groups is 1. The molecule has 1 amide bonds. The standard InChI is InChI=1S/C10H14N4O2/c11-9-7-8(1-2-12-9)10(15)13-14-3-5-16-6-4-14/h1-2,7H,3-6H2,(H2,11,12)(H,13,15). The number of rotatable bonds is 2. The number of pyridine rings is 1. The van der Waals surface area contributed by atoms with Crippen molar-refractivity contribution in [3.63, 3.8) is 0 Å². The SMILES string of the molecule is Nc1cc(C(=O)NN2CCOCC2)ccn1. The van der Waals surface area contributed by atoms with E-state index >= 15 is 0 Å². The Bertz CT molecular complexity index is 377. The third kappa shape index (κ3) is 2.68. The molecule has 1 aromatic heterocycles. The molecule has 0 spiro atoms. The van der Waals surface area contributed by atoms with E-state index in [1.54, 1.807) is 12.1 Å². The fourth-order valence-electron chi connectivity index (χ4n) is 1.47. The second-order valence-corrected chi connectivity index (χ2v) is 3.51. The maximum Gasteiger partial charge on any atom is 0.265 e. The van der Waals surface area contributed by atoms with Crippen LogP contribution in [0.5, 0.6) is 0 Å². The minimum Gasteiger partial charge on any atom is -0.384 e. The van der Waals surface area contributed by atoms with E-state index in [1.807, 2.05) is 5.01 Å². The molecule has 0 atom stereocenters. The number of nitrogens with two attached hydrogens (primary N) is 1. The molecule has 6 heteroatoms. The smallest absolute Gasteiger partial charge is 0.265 e. The van der Waals surface area contributed by atoms with E-state index in [-0.39, 0.29) is 5.91 Å². The van der Waals surface area contributed by atoms with Crippen LogP contribution in [0.15, 0.2) is 18.3 Å². The summed E-state index contributed by atoms with van der Waals surface area (Å²) in [5.41, 5.74) is 8.81. The summed E-state index contributed by atoms with van der Waals surface area (Å²) in [6, 6.07) is 3.18. The lowest BCUT2D eigenvalue weighted by atomic mass is 10.2. The van der Waals surface area contributed by atoms with Crippen LogP contribution in [0.25, 0.3) is 0 Å². The highest BCUT2D eigenvalue weighted by molar-refractivity contribution is 5.94. The molecule has 0 saturated carbocycles. The van der Waals surface area contributed by atoms with Crippen molar-refractivity contribution in [2.45, 2.75) is 0 Å². The summed E-state index contributed by atoms with van der Waals surface area (Å²) in [6.45, 7) is 2.68. The summed E-state index contributed by atoms with van der Waals surface area (Å²) in [5, 5.41) is 1.84. The van der Waals surface area contributed by atoms with Crippen LogP contribution in [-0.4, -0.2) is 42.2 Å². The van der Waals surface area contributed by atoms with Gasteiger partial charge in [0.2, 0.25) is 0 Å². The van der Waals surface area contributed by atoms with Crippen LogP contribution in [0.1, 0.15) is 10.4 Å². The van der Waals surface area contributed by atoms with Gasteiger partial charge in [-0.2, -0.15) is 0 Å². The first-order valence-corrected chi connectivity index (χ1v) is 5.11. The molecule has 0 radical (unpaired) electrons. The number of nitrogens with one attached hydrogen (secondary N) is 1. The average Bonchev–Trinajstić information content (AvgIpc) is 2.30. The molecule has 86 valence electrons. The number of hydrogen-bond donors (Lipinski definition) is 2. The Morgan fingerprint density at radius 3 is 2.94 bits per heavy atom. The molecule has 1 saturated heterocycles. The molecule has 0 unspecified atom stereocenters. The number of carbonyl (C=O) groups excluding carboxylic acids is 1. The van der Waals surface area contributed by atoms with Crippen LogP contribution in [0, 0.1) is 0 Å².